The van der Waals surface area contributed by atoms with E-state index in [1.165, 1.54) is 12.7 Å². The zero-order chi connectivity index (χ0) is 14.3. The fourth-order valence-electron chi connectivity index (χ4n) is 2.37. The minimum absolute atomic E-state index is 0.00955. The topological polar surface area (TPSA) is 52.3 Å². The molecular formula is C16H25NO2. The van der Waals surface area contributed by atoms with Gasteiger partial charge in [0, 0.05) is 6.04 Å². The molecule has 0 saturated carbocycles. The molecule has 19 heavy (non-hydrogen) atoms. The third-order valence-electron chi connectivity index (χ3n) is 3.94. The molecule has 0 spiro atoms. The van der Waals surface area contributed by atoms with Gasteiger partial charge in [0.25, 0.3) is 0 Å². The summed E-state index contributed by atoms with van der Waals surface area (Å²) in [6.45, 7) is 4.14. The quantitative estimate of drug-likeness (QED) is 0.770. The smallest absolute Gasteiger partial charge is 0.306 e. The van der Waals surface area contributed by atoms with Crippen LogP contribution in [0.15, 0.2) is 30.3 Å². The van der Waals surface area contributed by atoms with Crippen molar-refractivity contribution in [2.24, 2.45) is 11.1 Å². The summed E-state index contributed by atoms with van der Waals surface area (Å²) in [5.74, 6) is -0.181. The lowest BCUT2D eigenvalue weighted by atomic mass is 9.74. The van der Waals surface area contributed by atoms with Gasteiger partial charge in [0.1, 0.15) is 0 Å². The van der Waals surface area contributed by atoms with Crippen LogP contribution in [0.4, 0.5) is 0 Å². The maximum atomic E-state index is 11.6. The molecule has 1 aromatic carbocycles. The zero-order valence-electron chi connectivity index (χ0n) is 12.2. The fourth-order valence-corrected chi connectivity index (χ4v) is 2.37. The summed E-state index contributed by atoms with van der Waals surface area (Å²) < 4.78 is 4.80. The van der Waals surface area contributed by atoms with Crippen molar-refractivity contribution in [1.29, 1.82) is 0 Å². The van der Waals surface area contributed by atoms with E-state index < -0.39 is 0 Å². The molecule has 0 saturated heterocycles. The number of hydrogen-bond donors (Lipinski definition) is 1. The van der Waals surface area contributed by atoms with E-state index in [9.17, 15) is 4.79 Å². The highest BCUT2D eigenvalue weighted by molar-refractivity contribution is 5.70. The standard InChI is InChI=1S/C16H25NO2/c1-4-14(17)16(2,12-15(18)19-3)11-10-13-8-6-5-7-9-13/h5-9,14H,4,10-12,17H2,1-3H3. The third-order valence-corrected chi connectivity index (χ3v) is 3.94. The van der Waals surface area contributed by atoms with E-state index in [-0.39, 0.29) is 17.4 Å². The first kappa shape index (κ1) is 15.7. The second-order valence-electron chi connectivity index (χ2n) is 5.41. The summed E-state index contributed by atoms with van der Waals surface area (Å²) in [5.41, 5.74) is 7.28. The Morgan fingerprint density at radius 3 is 2.53 bits per heavy atom. The Morgan fingerprint density at radius 1 is 1.37 bits per heavy atom. The molecule has 0 aliphatic rings. The van der Waals surface area contributed by atoms with Gasteiger partial charge in [-0.05, 0) is 30.2 Å². The lowest BCUT2D eigenvalue weighted by Gasteiger charge is -2.34. The van der Waals surface area contributed by atoms with Crippen LogP contribution in [-0.4, -0.2) is 19.1 Å². The Labute approximate surface area is 116 Å². The fraction of sp³-hybridized carbons (Fsp3) is 0.562. The van der Waals surface area contributed by atoms with Crippen LogP contribution in [0.25, 0.3) is 0 Å². The molecule has 0 heterocycles. The molecule has 0 radical (unpaired) electrons. The summed E-state index contributed by atoms with van der Waals surface area (Å²) >= 11 is 0. The summed E-state index contributed by atoms with van der Waals surface area (Å²) in [4.78, 5) is 11.6. The summed E-state index contributed by atoms with van der Waals surface area (Å²) in [7, 11) is 1.43. The van der Waals surface area contributed by atoms with Crippen molar-refractivity contribution in [3.63, 3.8) is 0 Å². The lowest BCUT2D eigenvalue weighted by Crippen LogP contribution is -2.41. The zero-order valence-corrected chi connectivity index (χ0v) is 12.2. The van der Waals surface area contributed by atoms with Crippen LogP contribution in [0.5, 0.6) is 0 Å². The molecule has 0 aliphatic heterocycles. The van der Waals surface area contributed by atoms with E-state index in [2.05, 4.69) is 26.0 Å². The number of methoxy groups -OCH3 is 1. The highest BCUT2D eigenvalue weighted by Crippen LogP contribution is 2.32. The van der Waals surface area contributed by atoms with Crippen LogP contribution in [0, 0.1) is 5.41 Å². The third kappa shape index (κ3) is 4.67. The van der Waals surface area contributed by atoms with E-state index >= 15 is 0 Å². The molecule has 3 nitrogen and oxygen atoms in total. The lowest BCUT2D eigenvalue weighted by molar-refractivity contribution is -0.143. The van der Waals surface area contributed by atoms with Gasteiger partial charge in [-0.2, -0.15) is 0 Å². The van der Waals surface area contributed by atoms with Gasteiger partial charge in [-0.15, -0.1) is 0 Å². The van der Waals surface area contributed by atoms with Crippen molar-refractivity contribution in [3.8, 4) is 0 Å². The van der Waals surface area contributed by atoms with Gasteiger partial charge in [0.15, 0.2) is 0 Å². The van der Waals surface area contributed by atoms with Crippen LogP contribution in [0.3, 0.4) is 0 Å². The summed E-state index contributed by atoms with van der Waals surface area (Å²) in [6.07, 6.45) is 3.07. The van der Waals surface area contributed by atoms with Gasteiger partial charge in [-0.1, -0.05) is 44.2 Å². The van der Waals surface area contributed by atoms with Crippen molar-refractivity contribution < 1.29 is 9.53 Å². The minimum atomic E-state index is -0.211. The Hall–Kier alpha value is -1.35. The van der Waals surface area contributed by atoms with E-state index in [0.717, 1.165) is 19.3 Å². The van der Waals surface area contributed by atoms with Crippen molar-refractivity contribution in [2.45, 2.75) is 45.6 Å². The van der Waals surface area contributed by atoms with Gasteiger partial charge >= 0.3 is 5.97 Å². The van der Waals surface area contributed by atoms with Crippen molar-refractivity contribution >= 4 is 5.97 Å². The van der Waals surface area contributed by atoms with Gasteiger partial charge < -0.3 is 10.5 Å². The first-order valence-electron chi connectivity index (χ1n) is 6.88. The normalized spacial score (nSPS) is 15.6. The maximum absolute atomic E-state index is 11.6. The molecule has 1 aromatic rings. The summed E-state index contributed by atoms with van der Waals surface area (Å²) in [6, 6.07) is 10.3. The Morgan fingerprint density at radius 2 is 2.00 bits per heavy atom. The van der Waals surface area contributed by atoms with Crippen molar-refractivity contribution in [2.75, 3.05) is 7.11 Å². The maximum Gasteiger partial charge on any atom is 0.306 e. The second-order valence-corrected chi connectivity index (χ2v) is 5.41. The predicted octanol–water partition coefficient (Wildman–Crippen LogP) is 2.93. The van der Waals surface area contributed by atoms with E-state index in [0.29, 0.717) is 6.42 Å². The number of carbonyl (C=O) groups is 1. The molecule has 106 valence electrons. The Balaban J connectivity index is 2.71. The van der Waals surface area contributed by atoms with Gasteiger partial charge in [-0.3, -0.25) is 4.79 Å². The van der Waals surface area contributed by atoms with Gasteiger partial charge in [0.05, 0.1) is 13.5 Å². The molecular weight excluding hydrogens is 238 g/mol. The number of hydrogen-bond acceptors (Lipinski definition) is 3. The first-order chi connectivity index (χ1) is 9.01. The highest BCUT2D eigenvalue weighted by atomic mass is 16.5. The highest BCUT2D eigenvalue weighted by Gasteiger charge is 2.33. The van der Waals surface area contributed by atoms with E-state index in [1.54, 1.807) is 0 Å². The van der Waals surface area contributed by atoms with E-state index in [4.69, 9.17) is 10.5 Å². The molecule has 0 aliphatic carbocycles. The number of benzene rings is 1. The van der Waals surface area contributed by atoms with Gasteiger partial charge in [-0.25, -0.2) is 0 Å². The Kier molecular flexibility index (Phi) is 6.03. The van der Waals surface area contributed by atoms with Crippen LogP contribution in [0.1, 0.15) is 38.7 Å². The predicted molar refractivity (Wildman–Crippen MR) is 77.8 cm³/mol. The van der Waals surface area contributed by atoms with Crippen LogP contribution in [-0.2, 0) is 16.0 Å². The number of ether oxygens (including phenoxy) is 1. The molecule has 3 heteroatoms. The monoisotopic (exact) mass is 263 g/mol. The second kappa shape index (κ2) is 7.29. The molecule has 0 bridgehead atoms. The summed E-state index contributed by atoms with van der Waals surface area (Å²) in [5, 5.41) is 0. The van der Waals surface area contributed by atoms with Crippen LogP contribution >= 0.6 is 0 Å². The molecule has 0 amide bonds. The largest absolute Gasteiger partial charge is 0.469 e. The van der Waals surface area contributed by atoms with E-state index in [1.807, 2.05) is 18.2 Å². The molecule has 0 aromatic heterocycles. The first-order valence-corrected chi connectivity index (χ1v) is 6.88. The molecule has 2 atom stereocenters. The number of nitrogens with two attached hydrogens (primary N) is 1. The Bertz CT molecular complexity index is 391. The number of carbonyl (C=O) groups excluding carboxylic acids is 1. The molecule has 0 fully saturated rings. The molecule has 2 N–H and O–H groups in total. The van der Waals surface area contributed by atoms with Gasteiger partial charge in [0.2, 0.25) is 0 Å². The number of esters is 1. The van der Waals surface area contributed by atoms with Crippen LogP contribution in [0.2, 0.25) is 0 Å². The number of rotatable bonds is 7. The van der Waals surface area contributed by atoms with Crippen LogP contribution < -0.4 is 5.73 Å². The average Bonchev–Trinajstić information content (AvgIpc) is 2.45. The minimum Gasteiger partial charge on any atom is -0.469 e. The molecule has 1 rings (SSSR count). The number of aryl methyl sites for hydroxylation is 1. The van der Waals surface area contributed by atoms with Crippen molar-refractivity contribution in [3.05, 3.63) is 35.9 Å². The average molecular weight is 263 g/mol. The molecule has 2 unspecified atom stereocenters. The van der Waals surface area contributed by atoms with Crippen molar-refractivity contribution in [1.82, 2.24) is 0 Å². The SMILES string of the molecule is CCC(N)C(C)(CCc1ccccc1)CC(=O)OC.